The zero-order valence-corrected chi connectivity index (χ0v) is 12.8. The minimum atomic E-state index is 0.311. The Morgan fingerprint density at radius 1 is 0.810 bits per heavy atom. The lowest BCUT2D eigenvalue weighted by Crippen LogP contribution is -2.21. The third-order valence-electron chi connectivity index (χ3n) is 3.66. The molecule has 2 N–H and O–H groups in total. The van der Waals surface area contributed by atoms with E-state index in [-0.39, 0.29) is 0 Å². The van der Waals surface area contributed by atoms with Crippen LogP contribution in [-0.4, -0.2) is 18.2 Å². The van der Waals surface area contributed by atoms with Gasteiger partial charge < -0.3 is 15.3 Å². The second-order valence-corrected chi connectivity index (χ2v) is 5.11. The fourth-order valence-electron chi connectivity index (χ4n) is 2.38. The Morgan fingerprint density at radius 3 is 1.76 bits per heavy atom. The summed E-state index contributed by atoms with van der Waals surface area (Å²) in [5, 5.41) is 12.7. The molecule has 2 aromatic rings. The van der Waals surface area contributed by atoms with Crippen LogP contribution in [0.3, 0.4) is 0 Å². The maximum atomic E-state index is 9.25. The van der Waals surface area contributed by atoms with Gasteiger partial charge in [0.05, 0.1) is 0 Å². The van der Waals surface area contributed by atoms with Crippen LogP contribution in [0.25, 0.3) is 0 Å². The molecule has 0 aliphatic rings. The molecule has 0 heterocycles. The number of rotatable bonds is 7. The molecule has 0 radical (unpaired) electrons. The van der Waals surface area contributed by atoms with Gasteiger partial charge in [-0.25, -0.2) is 0 Å². The van der Waals surface area contributed by atoms with E-state index in [9.17, 15) is 5.11 Å². The summed E-state index contributed by atoms with van der Waals surface area (Å²) in [6, 6.07) is 16.0. The first-order valence-corrected chi connectivity index (χ1v) is 7.55. The number of anilines is 1. The highest BCUT2D eigenvalue weighted by Gasteiger charge is 2.01. The quantitative estimate of drug-likeness (QED) is 0.816. The molecule has 0 aromatic heterocycles. The molecule has 0 aliphatic carbocycles. The maximum absolute atomic E-state index is 9.25. The van der Waals surface area contributed by atoms with Crippen LogP contribution in [0.4, 0.5) is 5.69 Å². The summed E-state index contributed by atoms with van der Waals surface area (Å²) in [6.45, 7) is 8.08. The van der Waals surface area contributed by atoms with Crippen molar-refractivity contribution in [2.45, 2.75) is 26.9 Å². The van der Waals surface area contributed by atoms with Crippen LogP contribution in [0.1, 0.15) is 25.0 Å². The van der Waals surface area contributed by atoms with E-state index in [1.165, 1.54) is 16.8 Å². The van der Waals surface area contributed by atoms with Gasteiger partial charge in [0.1, 0.15) is 5.75 Å². The number of phenolic OH excluding ortho intramolecular Hbond substituents is 1. The summed E-state index contributed by atoms with van der Waals surface area (Å²) in [4.78, 5) is 2.34. The van der Waals surface area contributed by atoms with E-state index < -0.39 is 0 Å². The van der Waals surface area contributed by atoms with Crippen molar-refractivity contribution in [3.63, 3.8) is 0 Å². The van der Waals surface area contributed by atoms with Gasteiger partial charge in [0.15, 0.2) is 0 Å². The van der Waals surface area contributed by atoms with Crippen molar-refractivity contribution in [2.75, 3.05) is 18.0 Å². The standard InChI is InChI=1S/C18H24N2O/c1-3-20(4-2)17-9-5-15(6-10-17)13-19-14-16-7-11-18(21)12-8-16/h5-12,19,21H,3-4,13-14H2,1-2H3. The molecule has 0 fully saturated rings. The molecule has 3 heteroatoms. The molecular weight excluding hydrogens is 260 g/mol. The molecule has 0 amide bonds. The van der Waals surface area contributed by atoms with Crippen LogP contribution in [0.5, 0.6) is 5.75 Å². The molecule has 3 nitrogen and oxygen atoms in total. The van der Waals surface area contributed by atoms with Crippen LogP contribution in [0, 0.1) is 0 Å². The zero-order chi connectivity index (χ0) is 15.1. The average Bonchev–Trinajstić information content (AvgIpc) is 2.52. The molecule has 0 atom stereocenters. The highest BCUT2D eigenvalue weighted by Crippen LogP contribution is 2.15. The van der Waals surface area contributed by atoms with Crippen LogP contribution >= 0.6 is 0 Å². The van der Waals surface area contributed by atoms with Gasteiger partial charge in [-0.1, -0.05) is 24.3 Å². The molecule has 0 bridgehead atoms. The van der Waals surface area contributed by atoms with Crippen LogP contribution < -0.4 is 10.2 Å². The van der Waals surface area contributed by atoms with Crippen molar-refractivity contribution in [3.05, 3.63) is 59.7 Å². The molecular formula is C18H24N2O. The molecule has 0 unspecified atom stereocenters. The Morgan fingerprint density at radius 2 is 1.29 bits per heavy atom. The van der Waals surface area contributed by atoms with Crippen molar-refractivity contribution in [2.24, 2.45) is 0 Å². The van der Waals surface area contributed by atoms with Gasteiger partial charge in [-0.05, 0) is 49.2 Å². The van der Waals surface area contributed by atoms with Gasteiger partial charge in [0.25, 0.3) is 0 Å². The van der Waals surface area contributed by atoms with Crippen molar-refractivity contribution >= 4 is 5.69 Å². The Balaban J connectivity index is 1.84. The number of hydrogen-bond donors (Lipinski definition) is 2. The third kappa shape index (κ3) is 4.50. The number of nitrogens with zero attached hydrogens (tertiary/aromatic N) is 1. The number of phenols is 1. The SMILES string of the molecule is CCN(CC)c1ccc(CNCc2ccc(O)cc2)cc1. The van der Waals surface area contributed by atoms with Gasteiger partial charge in [-0.2, -0.15) is 0 Å². The molecule has 2 aromatic carbocycles. The first kappa shape index (κ1) is 15.4. The van der Waals surface area contributed by atoms with Crippen LogP contribution in [-0.2, 0) is 13.1 Å². The summed E-state index contributed by atoms with van der Waals surface area (Å²) in [5.74, 6) is 0.311. The summed E-state index contributed by atoms with van der Waals surface area (Å²) in [5.41, 5.74) is 3.74. The van der Waals surface area contributed by atoms with Gasteiger partial charge >= 0.3 is 0 Å². The lowest BCUT2D eigenvalue weighted by molar-refractivity contribution is 0.475. The Hall–Kier alpha value is -2.00. The molecule has 112 valence electrons. The molecule has 21 heavy (non-hydrogen) atoms. The highest BCUT2D eigenvalue weighted by atomic mass is 16.3. The average molecular weight is 284 g/mol. The predicted octanol–water partition coefficient (Wildman–Crippen LogP) is 3.53. The Kier molecular flexibility index (Phi) is 5.64. The Bertz CT molecular complexity index is 530. The van der Waals surface area contributed by atoms with E-state index in [2.05, 4.69) is 48.3 Å². The van der Waals surface area contributed by atoms with Gasteiger partial charge in [-0.3, -0.25) is 0 Å². The normalized spacial score (nSPS) is 10.6. The molecule has 0 saturated heterocycles. The summed E-state index contributed by atoms with van der Waals surface area (Å²) in [6.07, 6.45) is 0. The van der Waals surface area contributed by atoms with Gasteiger partial charge in [0, 0.05) is 31.9 Å². The molecule has 2 rings (SSSR count). The van der Waals surface area contributed by atoms with Crippen LogP contribution in [0.15, 0.2) is 48.5 Å². The second kappa shape index (κ2) is 7.70. The summed E-state index contributed by atoms with van der Waals surface area (Å²) < 4.78 is 0. The van der Waals surface area contributed by atoms with Crippen molar-refractivity contribution in [1.29, 1.82) is 0 Å². The largest absolute Gasteiger partial charge is 0.508 e. The molecule has 0 spiro atoms. The van der Waals surface area contributed by atoms with E-state index in [1.54, 1.807) is 12.1 Å². The smallest absolute Gasteiger partial charge is 0.115 e. The number of nitrogens with one attached hydrogen (secondary N) is 1. The van der Waals surface area contributed by atoms with E-state index in [4.69, 9.17) is 0 Å². The highest BCUT2D eigenvalue weighted by molar-refractivity contribution is 5.47. The van der Waals surface area contributed by atoms with E-state index >= 15 is 0 Å². The van der Waals surface area contributed by atoms with E-state index in [0.29, 0.717) is 5.75 Å². The van der Waals surface area contributed by atoms with Gasteiger partial charge in [-0.15, -0.1) is 0 Å². The summed E-state index contributed by atoms with van der Waals surface area (Å²) in [7, 11) is 0. The first-order valence-electron chi connectivity index (χ1n) is 7.55. The van der Waals surface area contributed by atoms with Gasteiger partial charge in [0.2, 0.25) is 0 Å². The minimum Gasteiger partial charge on any atom is -0.508 e. The predicted molar refractivity (Wildman–Crippen MR) is 88.7 cm³/mol. The number of benzene rings is 2. The van der Waals surface area contributed by atoms with Crippen molar-refractivity contribution in [3.8, 4) is 5.75 Å². The zero-order valence-electron chi connectivity index (χ0n) is 12.8. The number of hydrogen-bond acceptors (Lipinski definition) is 3. The minimum absolute atomic E-state index is 0.311. The lowest BCUT2D eigenvalue weighted by atomic mass is 10.1. The lowest BCUT2D eigenvalue weighted by Gasteiger charge is -2.21. The van der Waals surface area contributed by atoms with E-state index in [0.717, 1.165) is 26.2 Å². The topological polar surface area (TPSA) is 35.5 Å². The maximum Gasteiger partial charge on any atom is 0.115 e. The van der Waals surface area contributed by atoms with Crippen LogP contribution in [0.2, 0.25) is 0 Å². The fourth-order valence-corrected chi connectivity index (χ4v) is 2.38. The molecule has 0 saturated carbocycles. The fraction of sp³-hybridized carbons (Fsp3) is 0.333. The number of aromatic hydroxyl groups is 1. The summed E-state index contributed by atoms with van der Waals surface area (Å²) >= 11 is 0. The monoisotopic (exact) mass is 284 g/mol. The van der Waals surface area contributed by atoms with Crippen molar-refractivity contribution < 1.29 is 5.11 Å². The Labute approximate surface area is 127 Å². The molecule has 0 aliphatic heterocycles. The van der Waals surface area contributed by atoms with Crippen molar-refractivity contribution in [1.82, 2.24) is 5.32 Å². The first-order chi connectivity index (χ1) is 10.2. The second-order valence-electron chi connectivity index (χ2n) is 5.11. The van der Waals surface area contributed by atoms with E-state index in [1.807, 2.05) is 12.1 Å². The third-order valence-corrected chi connectivity index (χ3v) is 3.66.